The van der Waals surface area contributed by atoms with Gasteiger partial charge in [-0.1, -0.05) is 0 Å². The monoisotopic (exact) mass is 264 g/mol. The van der Waals surface area contributed by atoms with Crippen molar-refractivity contribution in [3.63, 3.8) is 0 Å². The predicted octanol–water partition coefficient (Wildman–Crippen LogP) is 1.39. The summed E-state index contributed by atoms with van der Waals surface area (Å²) in [6, 6.07) is -0.127. The van der Waals surface area contributed by atoms with Gasteiger partial charge in [0.25, 0.3) is 0 Å². The molecule has 1 fully saturated rings. The lowest BCUT2D eigenvalue weighted by Gasteiger charge is -2.29. The summed E-state index contributed by atoms with van der Waals surface area (Å²) in [6.45, 7) is 7.46. The summed E-state index contributed by atoms with van der Waals surface area (Å²) in [5.74, 6) is 0.224. The molecule has 1 N–H and O–H groups in total. The lowest BCUT2D eigenvalue weighted by molar-refractivity contribution is -0.133. The zero-order valence-corrected chi connectivity index (χ0v) is 11.9. The van der Waals surface area contributed by atoms with Gasteiger partial charge >= 0.3 is 0 Å². The Morgan fingerprint density at radius 3 is 2.84 bits per heavy atom. The van der Waals surface area contributed by atoms with Crippen LogP contribution in [0.4, 0.5) is 0 Å². The van der Waals surface area contributed by atoms with E-state index in [-0.39, 0.29) is 11.9 Å². The first-order chi connectivity index (χ1) is 9.22. The fraction of sp³-hybridized carbons (Fsp3) is 0.714. The summed E-state index contributed by atoms with van der Waals surface area (Å²) in [5, 5.41) is 3.30. The molecule has 1 aliphatic rings. The van der Waals surface area contributed by atoms with E-state index in [1.165, 1.54) is 6.42 Å². The minimum Gasteiger partial charge on any atom is -0.341 e. The highest BCUT2D eigenvalue weighted by molar-refractivity contribution is 5.81. The molecule has 2 heterocycles. The smallest absolute Gasteiger partial charge is 0.239 e. The summed E-state index contributed by atoms with van der Waals surface area (Å²) >= 11 is 0. The molecule has 5 heteroatoms. The second kappa shape index (κ2) is 6.70. The molecule has 1 unspecified atom stereocenters. The third kappa shape index (κ3) is 3.56. The van der Waals surface area contributed by atoms with Crippen LogP contribution in [0.3, 0.4) is 0 Å². The molecule has 0 aromatic carbocycles. The topological polar surface area (TPSA) is 50.2 Å². The molecule has 2 rings (SSSR count). The molecule has 0 bridgehead atoms. The minimum atomic E-state index is -0.127. The normalized spacial score (nSPS) is 17.5. The van der Waals surface area contributed by atoms with Gasteiger partial charge in [-0.15, -0.1) is 0 Å². The van der Waals surface area contributed by atoms with Gasteiger partial charge in [-0.2, -0.15) is 0 Å². The van der Waals surface area contributed by atoms with E-state index in [0.29, 0.717) is 6.54 Å². The number of nitrogens with zero attached hydrogens (tertiary/aromatic N) is 3. The number of imidazole rings is 1. The van der Waals surface area contributed by atoms with Gasteiger partial charge in [0, 0.05) is 32.4 Å². The Balaban J connectivity index is 1.83. The highest BCUT2D eigenvalue weighted by Crippen LogP contribution is 2.10. The Labute approximate surface area is 115 Å². The number of nitrogens with one attached hydrogen (secondary N) is 1. The first-order valence-corrected chi connectivity index (χ1v) is 7.23. The Morgan fingerprint density at radius 1 is 1.42 bits per heavy atom. The van der Waals surface area contributed by atoms with E-state index in [4.69, 9.17) is 0 Å². The predicted molar refractivity (Wildman–Crippen MR) is 74.6 cm³/mol. The number of likely N-dealkylation sites (tertiary alicyclic amines) is 1. The Morgan fingerprint density at radius 2 is 2.16 bits per heavy atom. The maximum Gasteiger partial charge on any atom is 0.239 e. The highest BCUT2D eigenvalue weighted by atomic mass is 16.2. The van der Waals surface area contributed by atoms with Crippen LogP contribution in [0.5, 0.6) is 0 Å². The van der Waals surface area contributed by atoms with Crippen LogP contribution >= 0.6 is 0 Å². The maximum absolute atomic E-state index is 12.3. The van der Waals surface area contributed by atoms with Crippen molar-refractivity contribution in [2.24, 2.45) is 0 Å². The average molecular weight is 264 g/mol. The van der Waals surface area contributed by atoms with Crippen molar-refractivity contribution < 1.29 is 4.79 Å². The third-order valence-corrected chi connectivity index (χ3v) is 3.77. The fourth-order valence-electron chi connectivity index (χ4n) is 2.51. The van der Waals surface area contributed by atoms with Gasteiger partial charge in [0.1, 0.15) is 0 Å². The number of hydrogen-bond acceptors (Lipinski definition) is 3. The number of hydrogen-bond donors (Lipinski definition) is 1. The van der Waals surface area contributed by atoms with E-state index >= 15 is 0 Å². The quantitative estimate of drug-likeness (QED) is 0.874. The van der Waals surface area contributed by atoms with Crippen LogP contribution in [0.15, 0.2) is 12.5 Å². The summed E-state index contributed by atoms with van der Waals surface area (Å²) in [4.78, 5) is 18.4. The molecule has 0 aliphatic carbocycles. The van der Waals surface area contributed by atoms with E-state index in [2.05, 4.69) is 21.8 Å². The van der Waals surface area contributed by atoms with Gasteiger partial charge in [-0.25, -0.2) is 4.98 Å². The maximum atomic E-state index is 12.3. The van der Waals surface area contributed by atoms with Crippen LogP contribution in [0.2, 0.25) is 0 Å². The number of carbonyl (C=O) groups is 1. The number of rotatable bonds is 5. The van der Waals surface area contributed by atoms with E-state index < -0.39 is 0 Å². The van der Waals surface area contributed by atoms with Crippen LogP contribution in [-0.4, -0.2) is 39.5 Å². The second-order valence-corrected chi connectivity index (χ2v) is 5.16. The zero-order chi connectivity index (χ0) is 13.7. The van der Waals surface area contributed by atoms with Crippen LogP contribution in [0, 0.1) is 0 Å². The zero-order valence-electron chi connectivity index (χ0n) is 11.9. The van der Waals surface area contributed by atoms with Gasteiger partial charge in [-0.3, -0.25) is 4.79 Å². The minimum absolute atomic E-state index is 0.127. The van der Waals surface area contributed by atoms with Crippen molar-refractivity contribution in [1.29, 1.82) is 0 Å². The molecule has 19 heavy (non-hydrogen) atoms. The number of carbonyl (C=O) groups excluding carboxylic acids is 1. The number of piperidine rings is 1. The van der Waals surface area contributed by atoms with Gasteiger partial charge in [0.2, 0.25) is 5.91 Å². The number of aromatic nitrogens is 2. The Hall–Kier alpha value is -1.36. The molecule has 0 spiro atoms. The summed E-state index contributed by atoms with van der Waals surface area (Å²) in [6.07, 6.45) is 7.21. The Bertz CT molecular complexity index is 409. The van der Waals surface area contributed by atoms with Gasteiger partial charge in [0.15, 0.2) is 0 Å². The van der Waals surface area contributed by atoms with E-state index in [1.54, 1.807) is 0 Å². The van der Waals surface area contributed by atoms with Crippen molar-refractivity contribution in [2.75, 3.05) is 13.1 Å². The van der Waals surface area contributed by atoms with Crippen molar-refractivity contribution in [2.45, 2.75) is 52.2 Å². The molecule has 0 saturated carbocycles. The highest BCUT2D eigenvalue weighted by Gasteiger charge is 2.21. The average Bonchev–Trinajstić information content (AvgIpc) is 2.92. The van der Waals surface area contributed by atoms with E-state index in [0.717, 1.165) is 38.2 Å². The van der Waals surface area contributed by atoms with Crippen molar-refractivity contribution in [3.05, 3.63) is 18.2 Å². The fourth-order valence-corrected chi connectivity index (χ4v) is 2.51. The van der Waals surface area contributed by atoms with Crippen molar-refractivity contribution >= 4 is 5.91 Å². The van der Waals surface area contributed by atoms with Crippen LogP contribution in [-0.2, 0) is 17.9 Å². The van der Waals surface area contributed by atoms with Crippen LogP contribution in [0.1, 0.15) is 38.8 Å². The molecule has 1 aromatic rings. The van der Waals surface area contributed by atoms with Gasteiger partial charge < -0.3 is 14.8 Å². The van der Waals surface area contributed by atoms with Crippen molar-refractivity contribution in [1.82, 2.24) is 19.8 Å². The molecule has 0 radical (unpaired) electrons. The number of aryl methyl sites for hydroxylation is 1. The lowest BCUT2D eigenvalue weighted by Crippen LogP contribution is -2.46. The molecule has 5 nitrogen and oxygen atoms in total. The summed E-state index contributed by atoms with van der Waals surface area (Å²) in [5.41, 5.74) is 1.13. The molecule has 106 valence electrons. The lowest BCUT2D eigenvalue weighted by atomic mass is 10.1. The molecule has 1 saturated heterocycles. The SMILES string of the molecule is CCn1cncc1CNC(C)C(=O)N1CCCCC1. The number of amides is 1. The first kappa shape index (κ1) is 14.1. The molecule has 1 aromatic heterocycles. The van der Waals surface area contributed by atoms with Gasteiger partial charge in [0.05, 0.1) is 18.1 Å². The van der Waals surface area contributed by atoms with Crippen LogP contribution in [0.25, 0.3) is 0 Å². The third-order valence-electron chi connectivity index (χ3n) is 3.77. The molecule has 1 amide bonds. The molecular formula is C14H24N4O. The second-order valence-electron chi connectivity index (χ2n) is 5.16. The molecule has 1 atom stereocenters. The summed E-state index contributed by atoms with van der Waals surface area (Å²) in [7, 11) is 0. The van der Waals surface area contributed by atoms with E-state index in [1.807, 2.05) is 24.3 Å². The van der Waals surface area contributed by atoms with Crippen LogP contribution < -0.4 is 5.32 Å². The molecular weight excluding hydrogens is 240 g/mol. The Kier molecular flexibility index (Phi) is 4.96. The van der Waals surface area contributed by atoms with E-state index in [9.17, 15) is 4.79 Å². The summed E-state index contributed by atoms with van der Waals surface area (Å²) < 4.78 is 2.09. The van der Waals surface area contributed by atoms with Gasteiger partial charge in [-0.05, 0) is 33.1 Å². The van der Waals surface area contributed by atoms with Crippen molar-refractivity contribution in [3.8, 4) is 0 Å². The first-order valence-electron chi connectivity index (χ1n) is 7.23. The standard InChI is InChI=1S/C14H24N4O/c1-3-17-11-15-9-13(17)10-16-12(2)14(19)18-7-5-4-6-8-18/h9,11-12,16H,3-8,10H2,1-2H3. The molecule has 1 aliphatic heterocycles. The largest absolute Gasteiger partial charge is 0.341 e.